The summed E-state index contributed by atoms with van der Waals surface area (Å²) in [6, 6.07) is 7.17. The number of nitrogens with one attached hydrogen (secondary N) is 2. The minimum atomic E-state index is -5.69. The Hall–Kier alpha value is -2.88. The number of carbonyl (C=O) groups excluding carboxylic acids is 2. The van der Waals surface area contributed by atoms with Gasteiger partial charge in [-0.25, -0.2) is 4.79 Å². The van der Waals surface area contributed by atoms with Crippen LogP contribution in [0.25, 0.3) is 10.8 Å². The number of ether oxygens (including phenoxy) is 2. The fraction of sp³-hybridized carbons (Fsp3) is 0.458. The van der Waals surface area contributed by atoms with Gasteiger partial charge in [-0.15, -0.1) is 11.8 Å². The minimum absolute atomic E-state index is 0.00506. The van der Waals surface area contributed by atoms with Gasteiger partial charge in [0, 0.05) is 13.0 Å². The quantitative estimate of drug-likeness (QED) is 0.0970. The van der Waals surface area contributed by atoms with E-state index in [4.69, 9.17) is 14.6 Å². The summed E-state index contributed by atoms with van der Waals surface area (Å²) in [4.78, 5) is 77.1. The van der Waals surface area contributed by atoms with Crippen molar-refractivity contribution in [2.45, 2.75) is 54.7 Å². The molecule has 43 heavy (non-hydrogen) atoms. The number of fused-ring (bicyclic) bond motifs is 2. The number of amides is 2. The Morgan fingerprint density at radius 1 is 1.14 bits per heavy atom. The van der Waals surface area contributed by atoms with Crippen molar-refractivity contribution in [3.63, 3.8) is 0 Å². The highest BCUT2D eigenvalue weighted by atomic mass is 32.2. The normalized spacial score (nSPS) is 21.6. The summed E-state index contributed by atoms with van der Waals surface area (Å²) in [5, 5.41) is 21.5. The van der Waals surface area contributed by atoms with Crippen molar-refractivity contribution >= 4 is 61.4 Å². The molecule has 0 spiro atoms. The Kier molecular flexibility index (Phi) is 8.88. The zero-order valence-corrected chi connectivity index (χ0v) is 25.6. The van der Waals surface area contributed by atoms with Gasteiger partial charge in [0.25, 0.3) is 16.9 Å². The van der Waals surface area contributed by atoms with Gasteiger partial charge >= 0.3 is 21.3 Å². The van der Waals surface area contributed by atoms with Crippen molar-refractivity contribution in [2.75, 3.05) is 18.5 Å². The van der Waals surface area contributed by atoms with Gasteiger partial charge in [0.1, 0.15) is 11.4 Å². The molecule has 2 aliphatic rings. The molecule has 16 nitrogen and oxygen atoms in total. The van der Waals surface area contributed by atoms with Gasteiger partial charge in [0.2, 0.25) is 0 Å². The monoisotopic (exact) mass is 663 g/mol. The van der Waals surface area contributed by atoms with E-state index < -0.39 is 73.6 Å². The number of aliphatic hydroxyl groups is 1. The number of β-lactam (4-membered cyclic amide) rings is 1. The van der Waals surface area contributed by atoms with Gasteiger partial charge < -0.3 is 49.9 Å². The lowest BCUT2D eigenvalue weighted by atomic mass is 9.99. The molecule has 0 bridgehead atoms. The number of hydrogen-bond acceptors (Lipinski definition) is 10. The molecule has 2 aliphatic heterocycles. The number of carboxylic acid groups (broad SMARTS) is 1. The van der Waals surface area contributed by atoms with Crippen LogP contribution >= 0.6 is 27.0 Å². The molecule has 4 rings (SSSR count). The van der Waals surface area contributed by atoms with E-state index in [1.807, 2.05) is 0 Å². The van der Waals surface area contributed by atoms with E-state index in [1.54, 1.807) is 51.1 Å². The van der Waals surface area contributed by atoms with E-state index in [0.29, 0.717) is 10.8 Å². The standard InChI is InChI=1S/C24H31N3O13P2S/c1-4-39-17-14(25-10-9-24(32,41(33,34)35)42(36,37)38)11-12-7-5-6-8-13(12)15(17)18(28)26-16-19(29)27-20(16)43-23(2,3)21(27)40-22(30)31/h5-8,11,16,20-21,25,32H,4,9-10H2,1-3H3,(H,26,28)(H,30,31)(H2,33,34,35)(H2,36,37,38). The minimum Gasteiger partial charge on any atom is -0.491 e. The van der Waals surface area contributed by atoms with E-state index in [1.165, 1.54) is 16.7 Å². The zero-order chi connectivity index (χ0) is 32.1. The number of nitrogens with zero attached hydrogens (tertiary/aromatic N) is 1. The summed E-state index contributed by atoms with van der Waals surface area (Å²) in [5.74, 6) is -1.29. The maximum Gasteiger partial charge on any atom is 0.507 e. The molecule has 0 aromatic heterocycles. The van der Waals surface area contributed by atoms with Crippen molar-refractivity contribution in [2.24, 2.45) is 0 Å². The molecule has 2 amide bonds. The topological polar surface area (TPSA) is 252 Å². The average Bonchev–Trinajstić information content (AvgIpc) is 3.12. The van der Waals surface area contributed by atoms with Crippen molar-refractivity contribution in [1.82, 2.24) is 10.2 Å². The molecule has 3 unspecified atom stereocenters. The van der Waals surface area contributed by atoms with Crippen LogP contribution in [0.2, 0.25) is 0 Å². The number of rotatable bonds is 11. The van der Waals surface area contributed by atoms with Crippen LogP contribution < -0.4 is 15.4 Å². The van der Waals surface area contributed by atoms with E-state index in [2.05, 4.69) is 10.6 Å². The fourth-order valence-corrected chi connectivity index (χ4v) is 8.72. The predicted octanol–water partition coefficient (Wildman–Crippen LogP) is 1.85. The van der Waals surface area contributed by atoms with Crippen molar-refractivity contribution in [1.29, 1.82) is 0 Å². The fourth-order valence-electron chi connectivity index (χ4n) is 5.01. The molecule has 3 atom stereocenters. The van der Waals surface area contributed by atoms with E-state index in [0.717, 1.165) is 0 Å². The highest BCUT2D eigenvalue weighted by Gasteiger charge is 2.64. The Labute approximate surface area is 249 Å². The van der Waals surface area contributed by atoms with Crippen LogP contribution in [0.1, 0.15) is 37.6 Å². The molecule has 0 radical (unpaired) electrons. The maximum absolute atomic E-state index is 13.8. The largest absolute Gasteiger partial charge is 0.507 e. The van der Waals surface area contributed by atoms with E-state index in [9.17, 15) is 48.2 Å². The van der Waals surface area contributed by atoms with Gasteiger partial charge in [-0.05, 0) is 37.6 Å². The summed E-state index contributed by atoms with van der Waals surface area (Å²) in [6.45, 7) is 4.56. The molecule has 19 heteroatoms. The lowest BCUT2D eigenvalue weighted by molar-refractivity contribution is -0.161. The first-order valence-electron chi connectivity index (χ1n) is 12.8. The number of carbonyl (C=O) groups is 3. The van der Waals surface area contributed by atoms with Crippen molar-refractivity contribution < 1.29 is 62.8 Å². The molecule has 2 saturated heterocycles. The lowest BCUT2D eigenvalue weighted by Crippen LogP contribution is -2.70. The summed E-state index contributed by atoms with van der Waals surface area (Å²) in [7, 11) is -11.4. The van der Waals surface area contributed by atoms with Crippen molar-refractivity contribution in [3.8, 4) is 5.75 Å². The van der Waals surface area contributed by atoms with Crippen LogP contribution in [0.15, 0.2) is 30.3 Å². The van der Waals surface area contributed by atoms with Crippen LogP contribution in [-0.2, 0) is 18.7 Å². The summed E-state index contributed by atoms with van der Waals surface area (Å²) < 4.78 is 33.4. The number of benzene rings is 2. The summed E-state index contributed by atoms with van der Waals surface area (Å²) >= 11 is 1.26. The number of anilines is 1. The molecule has 8 N–H and O–H groups in total. The number of thioether (sulfide) groups is 1. The molecular formula is C24H31N3O13P2S. The zero-order valence-electron chi connectivity index (χ0n) is 23.0. The van der Waals surface area contributed by atoms with Gasteiger partial charge in [0.05, 0.1) is 22.6 Å². The molecule has 236 valence electrons. The van der Waals surface area contributed by atoms with Gasteiger partial charge in [-0.3, -0.25) is 23.6 Å². The smallest absolute Gasteiger partial charge is 0.491 e. The van der Waals surface area contributed by atoms with Crippen LogP contribution in [-0.4, -0.2) is 93.3 Å². The van der Waals surface area contributed by atoms with Crippen LogP contribution in [0.3, 0.4) is 0 Å². The molecule has 2 fully saturated rings. The van der Waals surface area contributed by atoms with Crippen LogP contribution in [0.5, 0.6) is 5.75 Å². The first kappa shape index (κ1) is 33.0. The third-order valence-corrected chi connectivity index (χ3v) is 12.5. The SMILES string of the molecule is CCOc1c(NCCC(O)(P(=O)(O)O)P(=O)(O)O)cc2ccccc2c1C(=O)NC1C(=O)N2C1SC(C)(C)C2OC(=O)O. The first-order valence-corrected chi connectivity index (χ1v) is 16.9. The second kappa shape index (κ2) is 11.6. The Morgan fingerprint density at radius 3 is 2.35 bits per heavy atom. The van der Waals surface area contributed by atoms with E-state index in [-0.39, 0.29) is 23.6 Å². The van der Waals surface area contributed by atoms with Crippen LogP contribution in [0, 0.1) is 0 Å². The maximum atomic E-state index is 13.8. The molecule has 2 aromatic carbocycles. The molecular weight excluding hydrogens is 632 g/mol. The first-order chi connectivity index (χ1) is 19.8. The molecule has 0 saturated carbocycles. The molecule has 2 aromatic rings. The summed E-state index contributed by atoms with van der Waals surface area (Å²) in [5.41, 5.74) is 0.104. The third kappa shape index (κ3) is 5.96. The third-order valence-electron chi connectivity index (χ3n) is 7.08. The second-order valence-corrected chi connectivity index (χ2v) is 16.1. The Bertz CT molecular complexity index is 1540. The highest BCUT2D eigenvalue weighted by molar-refractivity contribution is 8.01. The van der Waals surface area contributed by atoms with E-state index >= 15 is 0 Å². The van der Waals surface area contributed by atoms with Crippen molar-refractivity contribution in [3.05, 3.63) is 35.9 Å². The second-order valence-electron chi connectivity index (χ2n) is 10.4. The molecule has 0 aliphatic carbocycles. The highest BCUT2D eigenvalue weighted by Crippen LogP contribution is 2.68. The van der Waals surface area contributed by atoms with Gasteiger partial charge in [-0.1, -0.05) is 24.3 Å². The predicted molar refractivity (Wildman–Crippen MR) is 154 cm³/mol. The summed E-state index contributed by atoms with van der Waals surface area (Å²) in [6.07, 6.45) is -3.67. The average molecular weight is 664 g/mol. The van der Waals surface area contributed by atoms with Gasteiger partial charge in [-0.2, -0.15) is 0 Å². The number of hydrogen-bond donors (Lipinski definition) is 8. The van der Waals surface area contributed by atoms with Gasteiger partial charge in [0.15, 0.2) is 12.0 Å². The Balaban J connectivity index is 1.66. The van der Waals surface area contributed by atoms with Crippen LogP contribution in [0.4, 0.5) is 10.5 Å². The Morgan fingerprint density at radius 2 is 1.77 bits per heavy atom. The lowest BCUT2D eigenvalue weighted by Gasteiger charge is -2.43. The molecule has 2 heterocycles.